The van der Waals surface area contributed by atoms with Crippen LogP contribution in [0.5, 0.6) is 0 Å². The van der Waals surface area contributed by atoms with Crippen molar-refractivity contribution in [2.24, 2.45) is 5.92 Å². The normalized spacial score (nSPS) is 18.3. The summed E-state index contributed by atoms with van der Waals surface area (Å²) in [4.78, 5) is 16.5. The average molecular weight is 353 g/mol. The number of hydrogen-bond donors (Lipinski definition) is 1. The van der Waals surface area contributed by atoms with E-state index in [0.29, 0.717) is 12.5 Å². The minimum Gasteiger partial charge on any atom is -0.347 e. The molecule has 1 N–H and O–H groups in total. The maximum atomic E-state index is 12.7. The first-order chi connectivity index (χ1) is 11.3. The van der Waals surface area contributed by atoms with Gasteiger partial charge >= 0.3 is 0 Å². The van der Waals surface area contributed by atoms with Gasteiger partial charge in [-0.15, -0.1) is 0 Å². The minimum absolute atomic E-state index is 0.0777. The van der Waals surface area contributed by atoms with Crippen molar-refractivity contribution in [3.05, 3.63) is 35.9 Å². The Bertz CT molecular complexity index is 638. The molecule has 2 rings (SSSR count). The highest BCUT2D eigenvalue weighted by Crippen LogP contribution is 2.28. The van der Waals surface area contributed by atoms with E-state index < -0.39 is 10.0 Å². The molecule has 0 aliphatic carbocycles. The summed E-state index contributed by atoms with van der Waals surface area (Å²) in [6.45, 7) is 2.05. The standard InChI is InChI=1S/C17H27N3O3S/c1-19(2)17(21)16(15-7-5-4-6-8-15)20-11-9-14(10-12-20)13-18-24(3,22)23/h4-8,14,16,18H,9-13H2,1-3H3. The molecule has 1 saturated heterocycles. The van der Waals surface area contributed by atoms with E-state index in [1.807, 2.05) is 30.3 Å². The van der Waals surface area contributed by atoms with Crippen LogP contribution in [0, 0.1) is 5.92 Å². The van der Waals surface area contributed by atoms with Crippen LogP contribution in [-0.2, 0) is 14.8 Å². The van der Waals surface area contributed by atoms with Gasteiger partial charge in [-0.05, 0) is 37.4 Å². The molecule has 1 aliphatic rings. The third-order valence-corrected chi connectivity index (χ3v) is 5.13. The quantitative estimate of drug-likeness (QED) is 0.831. The average Bonchev–Trinajstić information content (AvgIpc) is 2.54. The first-order valence-corrected chi connectivity index (χ1v) is 10.1. The van der Waals surface area contributed by atoms with Crippen molar-refractivity contribution in [1.82, 2.24) is 14.5 Å². The largest absolute Gasteiger partial charge is 0.347 e. The van der Waals surface area contributed by atoms with Gasteiger partial charge < -0.3 is 4.90 Å². The number of likely N-dealkylation sites (tertiary alicyclic amines) is 1. The number of likely N-dealkylation sites (N-methyl/N-ethyl adjacent to an activating group) is 1. The Kier molecular flexibility index (Phi) is 6.37. The van der Waals surface area contributed by atoms with Crippen molar-refractivity contribution >= 4 is 15.9 Å². The van der Waals surface area contributed by atoms with Gasteiger partial charge in [-0.25, -0.2) is 13.1 Å². The monoisotopic (exact) mass is 353 g/mol. The summed E-state index contributed by atoms with van der Waals surface area (Å²) in [6, 6.07) is 9.56. The number of amides is 1. The highest BCUT2D eigenvalue weighted by molar-refractivity contribution is 7.88. The molecule has 1 aliphatic heterocycles. The summed E-state index contributed by atoms with van der Waals surface area (Å²) in [5, 5.41) is 0. The SMILES string of the molecule is CN(C)C(=O)C(c1ccccc1)N1CCC(CNS(C)(=O)=O)CC1. The Balaban J connectivity index is 2.04. The fourth-order valence-electron chi connectivity index (χ4n) is 3.07. The number of hydrogen-bond acceptors (Lipinski definition) is 4. The van der Waals surface area contributed by atoms with Crippen LogP contribution in [0.2, 0.25) is 0 Å². The number of benzene rings is 1. The highest BCUT2D eigenvalue weighted by atomic mass is 32.2. The molecule has 1 aromatic rings. The van der Waals surface area contributed by atoms with Gasteiger partial charge in [0.1, 0.15) is 6.04 Å². The minimum atomic E-state index is -3.15. The molecule has 1 atom stereocenters. The highest BCUT2D eigenvalue weighted by Gasteiger charge is 2.32. The number of nitrogens with zero attached hydrogens (tertiary/aromatic N) is 2. The third kappa shape index (κ3) is 5.29. The second-order valence-electron chi connectivity index (χ2n) is 6.65. The molecule has 1 fully saturated rings. The molecule has 24 heavy (non-hydrogen) atoms. The van der Waals surface area contributed by atoms with Gasteiger partial charge in [-0.2, -0.15) is 0 Å². The molecular formula is C17H27N3O3S. The summed E-state index contributed by atoms with van der Waals surface area (Å²) < 4.78 is 25.0. The fourth-order valence-corrected chi connectivity index (χ4v) is 3.61. The first kappa shape index (κ1) is 18.9. The van der Waals surface area contributed by atoms with Crippen molar-refractivity contribution in [3.8, 4) is 0 Å². The predicted molar refractivity (Wildman–Crippen MR) is 95.0 cm³/mol. The predicted octanol–water partition coefficient (Wildman–Crippen LogP) is 1.08. The van der Waals surface area contributed by atoms with E-state index in [1.165, 1.54) is 6.26 Å². The Morgan fingerprint density at radius 1 is 1.25 bits per heavy atom. The van der Waals surface area contributed by atoms with E-state index in [-0.39, 0.29) is 11.9 Å². The molecule has 1 aromatic carbocycles. The van der Waals surface area contributed by atoms with E-state index in [1.54, 1.807) is 19.0 Å². The second-order valence-corrected chi connectivity index (χ2v) is 8.48. The molecule has 6 nitrogen and oxygen atoms in total. The maximum absolute atomic E-state index is 12.7. The van der Waals surface area contributed by atoms with Crippen molar-refractivity contribution in [1.29, 1.82) is 0 Å². The van der Waals surface area contributed by atoms with Crippen LogP contribution in [0.3, 0.4) is 0 Å². The van der Waals surface area contributed by atoms with Crippen LogP contribution in [0.4, 0.5) is 0 Å². The zero-order chi connectivity index (χ0) is 17.7. The van der Waals surface area contributed by atoms with Gasteiger partial charge in [-0.1, -0.05) is 30.3 Å². The first-order valence-electron chi connectivity index (χ1n) is 8.22. The summed E-state index contributed by atoms with van der Waals surface area (Å²) in [5.74, 6) is 0.399. The molecule has 0 saturated carbocycles. The lowest BCUT2D eigenvalue weighted by Gasteiger charge is -2.38. The summed E-state index contributed by atoms with van der Waals surface area (Å²) >= 11 is 0. The van der Waals surface area contributed by atoms with Gasteiger partial charge in [0.2, 0.25) is 15.9 Å². The number of rotatable bonds is 6. The number of piperidine rings is 1. The lowest BCUT2D eigenvalue weighted by atomic mass is 9.94. The Morgan fingerprint density at radius 3 is 2.33 bits per heavy atom. The van der Waals surface area contributed by atoms with Crippen LogP contribution in [-0.4, -0.2) is 64.1 Å². The van der Waals surface area contributed by atoms with Gasteiger partial charge in [0, 0.05) is 20.6 Å². The van der Waals surface area contributed by atoms with Gasteiger partial charge in [0.25, 0.3) is 0 Å². The lowest BCUT2D eigenvalue weighted by Crippen LogP contribution is -2.45. The summed E-state index contributed by atoms with van der Waals surface area (Å²) in [7, 11) is 0.412. The topological polar surface area (TPSA) is 69.7 Å². The number of carbonyl (C=O) groups excluding carboxylic acids is 1. The summed E-state index contributed by atoms with van der Waals surface area (Å²) in [6.07, 6.45) is 2.95. The number of sulfonamides is 1. The molecule has 7 heteroatoms. The Morgan fingerprint density at radius 2 is 1.83 bits per heavy atom. The molecule has 0 bridgehead atoms. The fraction of sp³-hybridized carbons (Fsp3) is 0.588. The van der Waals surface area contributed by atoms with Crippen molar-refractivity contribution < 1.29 is 13.2 Å². The second kappa shape index (κ2) is 8.09. The van der Waals surface area contributed by atoms with Crippen molar-refractivity contribution in [2.75, 3.05) is 40.0 Å². The third-order valence-electron chi connectivity index (χ3n) is 4.44. The molecule has 134 valence electrons. The molecule has 0 radical (unpaired) electrons. The maximum Gasteiger partial charge on any atom is 0.244 e. The van der Waals surface area contributed by atoms with Crippen LogP contribution in [0.25, 0.3) is 0 Å². The molecule has 1 amide bonds. The molecule has 1 heterocycles. The van der Waals surface area contributed by atoms with Crippen LogP contribution < -0.4 is 4.72 Å². The van der Waals surface area contributed by atoms with Gasteiger partial charge in [0.15, 0.2) is 0 Å². The Labute approximate surface area is 144 Å². The smallest absolute Gasteiger partial charge is 0.244 e. The van der Waals surface area contributed by atoms with Crippen LogP contribution in [0.15, 0.2) is 30.3 Å². The zero-order valence-electron chi connectivity index (χ0n) is 14.6. The molecule has 0 spiro atoms. The van der Waals surface area contributed by atoms with Crippen LogP contribution >= 0.6 is 0 Å². The van der Waals surface area contributed by atoms with E-state index in [0.717, 1.165) is 31.5 Å². The summed E-state index contributed by atoms with van der Waals surface area (Å²) in [5.41, 5.74) is 1.00. The van der Waals surface area contributed by atoms with Gasteiger partial charge in [-0.3, -0.25) is 9.69 Å². The van der Waals surface area contributed by atoms with Crippen molar-refractivity contribution in [2.45, 2.75) is 18.9 Å². The van der Waals surface area contributed by atoms with Gasteiger partial charge in [0.05, 0.1) is 6.26 Å². The lowest BCUT2D eigenvalue weighted by molar-refractivity contribution is -0.135. The van der Waals surface area contributed by atoms with Crippen LogP contribution in [0.1, 0.15) is 24.4 Å². The molecule has 0 aromatic heterocycles. The number of carbonyl (C=O) groups is 1. The van der Waals surface area contributed by atoms with E-state index in [4.69, 9.17) is 0 Å². The van der Waals surface area contributed by atoms with E-state index >= 15 is 0 Å². The zero-order valence-corrected chi connectivity index (χ0v) is 15.4. The molecular weight excluding hydrogens is 326 g/mol. The van der Waals surface area contributed by atoms with E-state index in [2.05, 4.69) is 9.62 Å². The van der Waals surface area contributed by atoms with E-state index in [9.17, 15) is 13.2 Å². The number of nitrogens with one attached hydrogen (secondary N) is 1. The van der Waals surface area contributed by atoms with Crippen molar-refractivity contribution in [3.63, 3.8) is 0 Å². The Hall–Kier alpha value is -1.44. The molecule has 1 unspecified atom stereocenters.